The molecule has 0 bridgehead atoms. The fraction of sp³-hybridized carbons (Fsp3) is 0.615. The number of rotatable bonds is 7. The molecule has 1 atom stereocenters. The van der Waals surface area contributed by atoms with Gasteiger partial charge in [0.15, 0.2) is 11.6 Å². The zero-order chi connectivity index (χ0) is 14.4. The van der Waals surface area contributed by atoms with Crippen molar-refractivity contribution in [3.8, 4) is 0 Å². The fourth-order valence-electron chi connectivity index (χ4n) is 1.84. The highest BCUT2D eigenvalue weighted by atomic mass is 19.1. The molecule has 5 nitrogen and oxygen atoms in total. The van der Waals surface area contributed by atoms with Crippen LogP contribution in [0.25, 0.3) is 0 Å². The van der Waals surface area contributed by atoms with Gasteiger partial charge in [-0.3, -0.25) is 4.79 Å². The molecule has 0 amide bonds. The number of carbonyl (C=O) groups is 1. The molecule has 6 heteroatoms. The zero-order valence-electron chi connectivity index (χ0n) is 11.5. The maximum Gasteiger partial charge on any atom is 0.308 e. The molecule has 1 aromatic heterocycles. The Morgan fingerprint density at radius 2 is 2.16 bits per heavy atom. The molecule has 1 heterocycles. The lowest BCUT2D eigenvalue weighted by Gasteiger charge is -2.16. The van der Waals surface area contributed by atoms with E-state index in [9.17, 15) is 9.18 Å². The van der Waals surface area contributed by atoms with Crippen LogP contribution in [-0.2, 0) is 11.2 Å². The topological polar surface area (TPSA) is 75.1 Å². The largest absolute Gasteiger partial charge is 0.481 e. The Balaban J connectivity index is 2.71. The molecule has 0 aliphatic heterocycles. The third kappa shape index (κ3) is 4.46. The molecular weight excluding hydrogens is 249 g/mol. The van der Waals surface area contributed by atoms with E-state index in [1.807, 2.05) is 13.8 Å². The van der Waals surface area contributed by atoms with Crippen molar-refractivity contribution < 1.29 is 14.3 Å². The highest BCUT2D eigenvalue weighted by Crippen LogP contribution is 2.16. The molecule has 0 aliphatic carbocycles. The number of halogens is 1. The summed E-state index contributed by atoms with van der Waals surface area (Å²) in [5.74, 6) is -1.60. The first-order valence-corrected chi connectivity index (χ1v) is 6.41. The first kappa shape index (κ1) is 15.3. The number of carboxylic acids is 1. The van der Waals surface area contributed by atoms with E-state index in [1.165, 1.54) is 6.33 Å². The number of nitrogens with zero attached hydrogens (tertiary/aromatic N) is 2. The van der Waals surface area contributed by atoms with Gasteiger partial charge in [0, 0.05) is 6.54 Å². The standard InChI is InChI=1S/C13H20FN3O2/c1-4-10-11(14)12(17-7-16-10)15-6-9(13(18)19)5-8(2)3/h7-9H,4-6H2,1-3H3,(H,18,19)(H,15,16,17). The van der Waals surface area contributed by atoms with E-state index in [2.05, 4.69) is 15.3 Å². The van der Waals surface area contributed by atoms with Gasteiger partial charge in [-0.1, -0.05) is 20.8 Å². The van der Waals surface area contributed by atoms with Gasteiger partial charge in [-0.25, -0.2) is 14.4 Å². The number of aryl methyl sites for hydroxylation is 1. The quantitative estimate of drug-likeness (QED) is 0.794. The molecular formula is C13H20FN3O2. The maximum absolute atomic E-state index is 13.9. The normalized spacial score (nSPS) is 12.5. The lowest BCUT2D eigenvalue weighted by Crippen LogP contribution is -2.25. The van der Waals surface area contributed by atoms with Crippen LogP contribution in [0.1, 0.15) is 32.9 Å². The van der Waals surface area contributed by atoms with Gasteiger partial charge >= 0.3 is 5.97 Å². The van der Waals surface area contributed by atoms with E-state index in [4.69, 9.17) is 5.11 Å². The van der Waals surface area contributed by atoms with Crippen LogP contribution in [0.15, 0.2) is 6.33 Å². The minimum Gasteiger partial charge on any atom is -0.481 e. The van der Waals surface area contributed by atoms with Crippen molar-refractivity contribution >= 4 is 11.8 Å². The monoisotopic (exact) mass is 269 g/mol. The van der Waals surface area contributed by atoms with E-state index in [0.717, 1.165) is 0 Å². The molecule has 1 aromatic rings. The third-order valence-corrected chi connectivity index (χ3v) is 2.82. The van der Waals surface area contributed by atoms with E-state index >= 15 is 0 Å². The van der Waals surface area contributed by atoms with Gasteiger partial charge in [-0.2, -0.15) is 0 Å². The number of aliphatic carboxylic acids is 1. The van der Waals surface area contributed by atoms with Crippen LogP contribution >= 0.6 is 0 Å². The molecule has 19 heavy (non-hydrogen) atoms. The summed E-state index contributed by atoms with van der Waals surface area (Å²) in [4.78, 5) is 18.7. The van der Waals surface area contributed by atoms with E-state index < -0.39 is 17.7 Å². The summed E-state index contributed by atoms with van der Waals surface area (Å²) >= 11 is 0. The molecule has 0 aliphatic rings. The highest BCUT2D eigenvalue weighted by molar-refractivity contribution is 5.70. The van der Waals surface area contributed by atoms with Crippen LogP contribution < -0.4 is 5.32 Å². The molecule has 0 fully saturated rings. The van der Waals surface area contributed by atoms with Gasteiger partial charge in [-0.15, -0.1) is 0 Å². The van der Waals surface area contributed by atoms with Crippen molar-refractivity contribution in [1.82, 2.24) is 9.97 Å². The zero-order valence-corrected chi connectivity index (χ0v) is 11.5. The van der Waals surface area contributed by atoms with E-state index in [0.29, 0.717) is 18.5 Å². The summed E-state index contributed by atoms with van der Waals surface area (Å²) in [5.41, 5.74) is 0.327. The molecule has 0 saturated heterocycles. The molecule has 0 aromatic carbocycles. The second-order valence-corrected chi connectivity index (χ2v) is 4.88. The number of hydrogen-bond acceptors (Lipinski definition) is 4. The van der Waals surface area contributed by atoms with Crippen molar-refractivity contribution in [2.45, 2.75) is 33.6 Å². The summed E-state index contributed by atoms with van der Waals surface area (Å²) in [6.07, 6.45) is 2.29. The Labute approximate surface area is 112 Å². The Hall–Kier alpha value is -1.72. The van der Waals surface area contributed by atoms with Crippen molar-refractivity contribution in [2.75, 3.05) is 11.9 Å². The Kier molecular flexibility index (Phi) is 5.66. The van der Waals surface area contributed by atoms with Gasteiger partial charge in [0.1, 0.15) is 6.33 Å². The molecule has 1 rings (SSSR count). The van der Waals surface area contributed by atoms with Crippen LogP contribution in [0.5, 0.6) is 0 Å². The molecule has 0 saturated carbocycles. The van der Waals surface area contributed by atoms with Crippen LogP contribution in [0.3, 0.4) is 0 Å². The predicted molar refractivity (Wildman–Crippen MR) is 70.4 cm³/mol. The Morgan fingerprint density at radius 1 is 1.47 bits per heavy atom. The van der Waals surface area contributed by atoms with Crippen molar-refractivity contribution in [3.63, 3.8) is 0 Å². The Morgan fingerprint density at radius 3 is 2.68 bits per heavy atom. The smallest absolute Gasteiger partial charge is 0.308 e. The predicted octanol–water partition coefficient (Wildman–Crippen LogP) is 2.34. The number of nitrogens with one attached hydrogen (secondary N) is 1. The van der Waals surface area contributed by atoms with Gasteiger partial charge in [-0.05, 0) is 18.8 Å². The first-order valence-electron chi connectivity index (χ1n) is 6.41. The second-order valence-electron chi connectivity index (χ2n) is 4.88. The van der Waals surface area contributed by atoms with Gasteiger partial charge in [0.2, 0.25) is 0 Å². The van der Waals surface area contributed by atoms with Gasteiger partial charge in [0.25, 0.3) is 0 Å². The second kappa shape index (κ2) is 7.01. The minimum absolute atomic E-state index is 0.0712. The van der Waals surface area contributed by atoms with E-state index in [1.54, 1.807) is 6.92 Å². The fourth-order valence-corrected chi connectivity index (χ4v) is 1.84. The van der Waals surface area contributed by atoms with Crippen molar-refractivity contribution in [3.05, 3.63) is 17.8 Å². The number of carboxylic acid groups (broad SMARTS) is 1. The van der Waals surface area contributed by atoms with Crippen molar-refractivity contribution in [2.24, 2.45) is 11.8 Å². The van der Waals surface area contributed by atoms with Crippen molar-refractivity contribution in [1.29, 1.82) is 0 Å². The molecule has 0 radical (unpaired) electrons. The summed E-state index contributed by atoms with van der Waals surface area (Å²) < 4.78 is 13.9. The lowest BCUT2D eigenvalue weighted by molar-refractivity contribution is -0.141. The third-order valence-electron chi connectivity index (χ3n) is 2.82. The highest BCUT2D eigenvalue weighted by Gasteiger charge is 2.20. The SMILES string of the molecule is CCc1ncnc(NCC(CC(C)C)C(=O)O)c1F. The average Bonchev–Trinajstić information content (AvgIpc) is 2.35. The molecule has 1 unspecified atom stereocenters. The van der Waals surface area contributed by atoms with Crippen LogP contribution in [0, 0.1) is 17.7 Å². The summed E-state index contributed by atoms with van der Waals surface area (Å²) in [5, 5.41) is 11.9. The van der Waals surface area contributed by atoms with Gasteiger partial charge in [0.05, 0.1) is 11.6 Å². The maximum atomic E-state index is 13.9. The molecule has 0 spiro atoms. The lowest BCUT2D eigenvalue weighted by atomic mass is 9.97. The summed E-state index contributed by atoms with van der Waals surface area (Å²) in [6.45, 7) is 5.87. The molecule has 2 N–H and O–H groups in total. The van der Waals surface area contributed by atoms with Crippen LogP contribution in [0.2, 0.25) is 0 Å². The van der Waals surface area contributed by atoms with Gasteiger partial charge < -0.3 is 10.4 Å². The van der Waals surface area contributed by atoms with Crippen LogP contribution in [-0.4, -0.2) is 27.6 Å². The minimum atomic E-state index is -0.883. The summed E-state index contributed by atoms with van der Waals surface area (Å²) in [6, 6.07) is 0. The number of aromatic nitrogens is 2. The molecule has 106 valence electrons. The summed E-state index contributed by atoms with van der Waals surface area (Å²) in [7, 11) is 0. The number of anilines is 1. The van der Waals surface area contributed by atoms with E-state index in [-0.39, 0.29) is 18.3 Å². The first-order chi connectivity index (χ1) is 8.95. The Bertz CT molecular complexity index is 438. The average molecular weight is 269 g/mol. The number of hydrogen-bond donors (Lipinski definition) is 2. The van der Waals surface area contributed by atoms with Crippen LogP contribution in [0.4, 0.5) is 10.2 Å².